The fourth-order valence-corrected chi connectivity index (χ4v) is 4.55. The van der Waals surface area contributed by atoms with Crippen LogP contribution >= 0.6 is 11.3 Å². The molecule has 0 saturated carbocycles. The van der Waals surface area contributed by atoms with Crippen molar-refractivity contribution in [3.63, 3.8) is 0 Å². The minimum absolute atomic E-state index is 0.276. The molecule has 126 valence electrons. The van der Waals surface area contributed by atoms with Crippen LogP contribution in [0.25, 0.3) is 32.0 Å². The van der Waals surface area contributed by atoms with E-state index in [0.29, 0.717) is 0 Å². The second kappa shape index (κ2) is 6.36. The van der Waals surface area contributed by atoms with E-state index in [-0.39, 0.29) is 6.79 Å². The van der Waals surface area contributed by atoms with Gasteiger partial charge in [-0.25, -0.2) is 0 Å². The Hall–Kier alpha value is -3.04. The average molecular weight is 356 g/mol. The maximum Gasteiger partial charge on any atom is 0.231 e. The van der Waals surface area contributed by atoms with E-state index >= 15 is 0 Å². The van der Waals surface area contributed by atoms with Crippen molar-refractivity contribution in [2.75, 3.05) is 6.79 Å². The molecule has 3 aromatic carbocycles. The van der Waals surface area contributed by atoms with Gasteiger partial charge in [0, 0.05) is 5.56 Å². The van der Waals surface area contributed by atoms with Gasteiger partial charge < -0.3 is 9.47 Å². The van der Waals surface area contributed by atoms with Crippen LogP contribution in [-0.4, -0.2) is 6.79 Å². The first kappa shape index (κ1) is 15.2. The third-order valence-electron chi connectivity index (χ3n) is 4.52. The molecule has 0 bridgehead atoms. The number of rotatable bonds is 3. The van der Waals surface area contributed by atoms with Gasteiger partial charge in [-0.1, -0.05) is 84.9 Å². The third-order valence-corrected chi connectivity index (χ3v) is 5.76. The van der Waals surface area contributed by atoms with E-state index in [1.54, 1.807) is 11.3 Å². The van der Waals surface area contributed by atoms with Crippen molar-refractivity contribution in [1.82, 2.24) is 0 Å². The van der Waals surface area contributed by atoms with E-state index < -0.39 is 0 Å². The summed E-state index contributed by atoms with van der Waals surface area (Å²) in [7, 11) is 0. The molecule has 0 spiro atoms. The van der Waals surface area contributed by atoms with Gasteiger partial charge >= 0.3 is 0 Å². The van der Waals surface area contributed by atoms with Crippen LogP contribution in [0.2, 0.25) is 0 Å². The Kier molecular flexibility index (Phi) is 3.72. The van der Waals surface area contributed by atoms with Gasteiger partial charge in [0.25, 0.3) is 0 Å². The maximum absolute atomic E-state index is 5.87. The molecule has 26 heavy (non-hydrogen) atoms. The quantitative estimate of drug-likeness (QED) is 0.418. The Bertz CT molecular complexity index is 1050. The number of hydrogen-bond donors (Lipinski definition) is 0. The summed E-state index contributed by atoms with van der Waals surface area (Å²) in [6.45, 7) is 0.276. The lowest BCUT2D eigenvalue weighted by atomic mass is 9.98. The summed E-state index contributed by atoms with van der Waals surface area (Å²) in [6, 6.07) is 29.3. The molecule has 2 heterocycles. The molecule has 0 atom stereocenters. The average Bonchev–Trinajstić information content (AvgIpc) is 3.32. The van der Waals surface area contributed by atoms with Crippen molar-refractivity contribution in [3.05, 3.63) is 84.9 Å². The Morgan fingerprint density at radius 1 is 0.538 bits per heavy atom. The van der Waals surface area contributed by atoms with E-state index in [1.807, 2.05) is 12.1 Å². The zero-order valence-corrected chi connectivity index (χ0v) is 14.8. The third kappa shape index (κ3) is 2.49. The lowest BCUT2D eigenvalue weighted by Gasteiger charge is -2.09. The van der Waals surface area contributed by atoms with Crippen molar-refractivity contribution in [2.24, 2.45) is 0 Å². The summed E-state index contributed by atoms with van der Waals surface area (Å²) < 4.78 is 11.7. The van der Waals surface area contributed by atoms with Gasteiger partial charge in [0.05, 0.1) is 9.75 Å². The summed E-state index contributed by atoms with van der Waals surface area (Å²) in [5.41, 5.74) is 4.73. The number of hydrogen-bond acceptors (Lipinski definition) is 3. The smallest absolute Gasteiger partial charge is 0.231 e. The summed E-state index contributed by atoms with van der Waals surface area (Å²) in [5, 5.41) is 0. The van der Waals surface area contributed by atoms with Crippen molar-refractivity contribution < 1.29 is 9.47 Å². The van der Waals surface area contributed by atoms with Crippen LogP contribution in [-0.2, 0) is 0 Å². The molecule has 1 aromatic heterocycles. The standard InChI is InChI=1S/C23H16O2S/c1-3-9-16(10-4-1)18-13-7-8-14-19(18)23-21-20(24-15-25-21)22(26-23)17-11-5-2-6-12-17/h1-14H,15H2. The first-order valence-corrected chi connectivity index (χ1v) is 9.36. The van der Waals surface area contributed by atoms with Crippen molar-refractivity contribution in [3.8, 4) is 43.5 Å². The zero-order valence-electron chi connectivity index (χ0n) is 14.0. The highest BCUT2D eigenvalue weighted by atomic mass is 32.1. The molecule has 5 rings (SSSR count). The predicted molar refractivity (Wildman–Crippen MR) is 107 cm³/mol. The molecule has 2 nitrogen and oxygen atoms in total. The van der Waals surface area contributed by atoms with Crippen molar-refractivity contribution >= 4 is 11.3 Å². The molecule has 0 amide bonds. The fraction of sp³-hybridized carbons (Fsp3) is 0.0435. The van der Waals surface area contributed by atoms with Gasteiger partial charge in [-0.3, -0.25) is 0 Å². The van der Waals surface area contributed by atoms with Gasteiger partial charge in [-0.05, 0) is 16.7 Å². The van der Waals surface area contributed by atoms with E-state index in [1.165, 1.54) is 16.7 Å². The molecule has 0 N–H and O–H groups in total. The second-order valence-corrected chi connectivity index (χ2v) is 7.12. The molecule has 1 aliphatic rings. The van der Waals surface area contributed by atoms with E-state index in [9.17, 15) is 0 Å². The lowest BCUT2D eigenvalue weighted by molar-refractivity contribution is 0.174. The molecule has 1 aliphatic heterocycles. The molecular weight excluding hydrogens is 340 g/mol. The highest BCUT2D eigenvalue weighted by Gasteiger charge is 2.28. The van der Waals surface area contributed by atoms with Gasteiger partial charge in [0.1, 0.15) is 0 Å². The minimum atomic E-state index is 0.276. The fourth-order valence-electron chi connectivity index (χ4n) is 3.32. The molecule has 0 fully saturated rings. The highest BCUT2D eigenvalue weighted by molar-refractivity contribution is 7.19. The Morgan fingerprint density at radius 3 is 1.77 bits per heavy atom. The van der Waals surface area contributed by atoms with Crippen LogP contribution < -0.4 is 9.47 Å². The van der Waals surface area contributed by atoms with Crippen LogP contribution in [0, 0.1) is 0 Å². The largest absolute Gasteiger partial charge is 0.452 e. The first-order valence-electron chi connectivity index (χ1n) is 8.54. The van der Waals surface area contributed by atoms with Crippen LogP contribution in [0.3, 0.4) is 0 Å². The van der Waals surface area contributed by atoms with Gasteiger partial charge in [0.2, 0.25) is 6.79 Å². The zero-order chi connectivity index (χ0) is 17.3. The molecule has 0 unspecified atom stereocenters. The topological polar surface area (TPSA) is 18.5 Å². The van der Waals surface area contributed by atoms with Crippen LogP contribution in [0.5, 0.6) is 11.5 Å². The van der Waals surface area contributed by atoms with Crippen LogP contribution in [0.1, 0.15) is 0 Å². The summed E-state index contributed by atoms with van der Waals surface area (Å²) in [4.78, 5) is 2.24. The molecule has 0 aliphatic carbocycles. The van der Waals surface area contributed by atoms with Gasteiger partial charge in [-0.2, -0.15) is 0 Å². The van der Waals surface area contributed by atoms with E-state index in [0.717, 1.165) is 26.8 Å². The molecule has 3 heteroatoms. The van der Waals surface area contributed by atoms with Crippen molar-refractivity contribution in [2.45, 2.75) is 0 Å². The van der Waals surface area contributed by atoms with Gasteiger partial charge in [-0.15, -0.1) is 11.3 Å². The Labute approximate surface area is 156 Å². The Morgan fingerprint density at radius 2 is 1.08 bits per heavy atom. The van der Waals surface area contributed by atoms with Crippen LogP contribution in [0.4, 0.5) is 0 Å². The monoisotopic (exact) mass is 356 g/mol. The van der Waals surface area contributed by atoms with Gasteiger partial charge in [0.15, 0.2) is 11.5 Å². The normalized spacial score (nSPS) is 12.3. The Balaban J connectivity index is 1.72. The number of thiophene rings is 1. The summed E-state index contributed by atoms with van der Waals surface area (Å²) in [5.74, 6) is 1.72. The van der Waals surface area contributed by atoms with Crippen LogP contribution in [0.15, 0.2) is 84.9 Å². The highest BCUT2D eigenvalue weighted by Crippen LogP contribution is 2.55. The minimum Gasteiger partial charge on any atom is -0.452 e. The number of fused-ring (bicyclic) bond motifs is 1. The van der Waals surface area contributed by atoms with E-state index in [4.69, 9.17) is 9.47 Å². The number of benzene rings is 3. The maximum atomic E-state index is 5.87. The molecule has 0 radical (unpaired) electrons. The SMILES string of the molecule is c1ccc(-c2ccccc2-c2sc(-c3ccccc3)c3c2OCO3)cc1. The summed E-state index contributed by atoms with van der Waals surface area (Å²) >= 11 is 1.73. The molecule has 0 saturated heterocycles. The van der Waals surface area contributed by atoms with Crippen molar-refractivity contribution in [1.29, 1.82) is 0 Å². The lowest BCUT2D eigenvalue weighted by Crippen LogP contribution is -1.95. The molecule has 4 aromatic rings. The second-order valence-electron chi connectivity index (χ2n) is 6.10. The summed E-state index contributed by atoms with van der Waals surface area (Å²) in [6.07, 6.45) is 0. The number of ether oxygens (including phenoxy) is 2. The molecular formula is C23H16O2S. The predicted octanol–water partition coefficient (Wildman–Crippen LogP) is 6.48. The van der Waals surface area contributed by atoms with E-state index in [2.05, 4.69) is 72.8 Å². The first-order chi connectivity index (χ1) is 12.9.